The van der Waals surface area contributed by atoms with Crippen LogP contribution in [0.2, 0.25) is 0 Å². The molecule has 1 atom stereocenters. The summed E-state index contributed by atoms with van der Waals surface area (Å²) in [6.07, 6.45) is 2.02. The Balaban J connectivity index is 1.77. The van der Waals surface area contributed by atoms with Crippen molar-refractivity contribution in [2.24, 2.45) is 0 Å². The number of aromatic nitrogens is 2. The highest BCUT2D eigenvalue weighted by molar-refractivity contribution is 5.76. The van der Waals surface area contributed by atoms with Crippen molar-refractivity contribution >= 4 is 5.91 Å². The maximum absolute atomic E-state index is 12.8. The smallest absolute Gasteiger partial charge is 0.267 e. The Morgan fingerprint density at radius 3 is 2.68 bits per heavy atom. The van der Waals surface area contributed by atoms with Crippen LogP contribution in [0.4, 0.5) is 0 Å². The lowest BCUT2D eigenvalue weighted by Crippen LogP contribution is -2.48. The van der Waals surface area contributed by atoms with Crippen molar-refractivity contribution < 1.29 is 4.79 Å². The van der Waals surface area contributed by atoms with Gasteiger partial charge in [-0.05, 0) is 37.8 Å². The van der Waals surface area contributed by atoms with Gasteiger partial charge >= 0.3 is 0 Å². The number of hydrogen-bond acceptors (Lipinski definition) is 3. The number of benzene rings is 1. The largest absolute Gasteiger partial charge is 0.340 e. The molecule has 1 aliphatic rings. The molecule has 1 fully saturated rings. The second-order valence-electron chi connectivity index (χ2n) is 7.25. The normalized spacial score (nSPS) is 20.5. The Kier molecular flexibility index (Phi) is 4.75. The number of aryl methyl sites for hydroxylation is 2. The first-order chi connectivity index (χ1) is 11.9. The monoisotopic (exact) mass is 339 g/mol. The van der Waals surface area contributed by atoms with E-state index in [1.165, 1.54) is 10.2 Å². The van der Waals surface area contributed by atoms with Crippen molar-refractivity contribution in [1.29, 1.82) is 0 Å². The average Bonchev–Trinajstić information content (AvgIpc) is 2.60. The molecule has 1 aliphatic heterocycles. The van der Waals surface area contributed by atoms with E-state index in [-0.39, 0.29) is 23.4 Å². The average molecular weight is 339 g/mol. The van der Waals surface area contributed by atoms with Crippen molar-refractivity contribution in [3.8, 4) is 0 Å². The minimum absolute atomic E-state index is 0.00478. The van der Waals surface area contributed by atoms with E-state index in [2.05, 4.69) is 24.2 Å². The molecule has 0 saturated carbocycles. The van der Waals surface area contributed by atoms with E-state index in [0.29, 0.717) is 6.54 Å². The SMILES string of the molecule is Cc1cc(=O)n(CC(=O)N2CCC[C@@](C)(c3ccccc3)C2)nc1C. The van der Waals surface area contributed by atoms with Crippen LogP contribution in [0.3, 0.4) is 0 Å². The molecule has 0 unspecified atom stereocenters. The summed E-state index contributed by atoms with van der Waals surface area (Å²) in [4.78, 5) is 26.7. The number of amides is 1. The summed E-state index contributed by atoms with van der Waals surface area (Å²) in [5.41, 5.74) is 2.62. The van der Waals surface area contributed by atoms with Crippen LogP contribution in [0.25, 0.3) is 0 Å². The van der Waals surface area contributed by atoms with Gasteiger partial charge in [0.15, 0.2) is 0 Å². The number of carbonyl (C=O) groups is 1. The molecule has 1 amide bonds. The van der Waals surface area contributed by atoms with Crippen LogP contribution in [0.1, 0.15) is 36.6 Å². The second-order valence-corrected chi connectivity index (χ2v) is 7.25. The predicted molar refractivity (Wildman–Crippen MR) is 97.6 cm³/mol. The summed E-state index contributed by atoms with van der Waals surface area (Å²) in [6.45, 7) is 7.33. The fourth-order valence-electron chi connectivity index (χ4n) is 3.54. The molecule has 0 radical (unpaired) electrons. The minimum Gasteiger partial charge on any atom is -0.340 e. The first-order valence-electron chi connectivity index (χ1n) is 8.78. The first-order valence-corrected chi connectivity index (χ1v) is 8.78. The van der Waals surface area contributed by atoms with Crippen molar-refractivity contribution in [3.05, 3.63) is 63.6 Å². The number of piperidine rings is 1. The van der Waals surface area contributed by atoms with Gasteiger partial charge in [-0.15, -0.1) is 0 Å². The quantitative estimate of drug-likeness (QED) is 0.863. The zero-order valence-electron chi connectivity index (χ0n) is 15.2. The van der Waals surface area contributed by atoms with E-state index in [1.807, 2.05) is 36.9 Å². The number of rotatable bonds is 3. The molecule has 3 rings (SSSR count). The highest BCUT2D eigenvalue weighted by Crippen LogP contribution is 2.33. The van der Waals surface area contributed by atoms with Crippen LogP contribution in [0, 0.1) is 13.8 Å². The van der Waals surface area contributed by atoms with Gasteiger partial charge in [-0.25, -0.2) is 4.68 Å². The lowest BCUT2D eigenvalue weighted by Gasteiger charge is -2.41. The van der Waals surface area contributed by atoms with E-state index >= 15 is 0 Å². The molecule has 5 nitrogen and oxygen atoms in total. The number of nitrogens with zero attached hydrogens (tertiary/aromatic N) is 3. The summed E-state index contributed by atoms with van der Waals surface area (Å²) in [5, 5.41) is 4.26. The van der Waals surface area contributed by atoms with E-state index in [1.54, 1.807) is 6.07 Å². The third-order valence-electron chi connectivity index (χ3n) is 5.24. The molecule has 2 heterocycles. The van der Waals surface area contributed by atoms with E-state index in [9.17, 15) is 9.59 Å². The Hall–Kier alpha value is -2.43. The topological polar surface area (TPSA) is 55.2 Å². The van der Waals surface area contributed by atoms with Crippen molar-refractivity contribution in [2.75, 3.05) is 13.1 Å². The highest BCUT2D eigenvalue weighted by Gasteiger charge is 2.34. The van der Waals surface area contributed by atoms with Gasteiger partial charge in [0.1, 0.15) is 6.54 Å². The molecule has 0 N–H and O–H groups in total. The summed E-state index contributed by atoms with van der Waals surface area (Å²) in [5.74, 6) is -0.0419. The van der Waals surface area contributed by atoms with Crippen molar-refractivity contribution in [2.45, 2.75) is 45.6 Å². The molecule has 1 saturated heterocycles. The zero-order chi connectivity index (χ0) is 18.0. The van der Waals surface area contributed by atoms with Gasteiger partial charge in [-0.2, -0.15) is 5.10 Å². The molecule has 0 bridgehead atoms. The van der Waals surface area contributed by atoms with Gasteiger partial charge in [0.2, 0.25) is 5.91 Å². The van der Waals surface area contributed by atoms with Gasteiger partial charge in [-0.3, -0.25) is 9.59 Å². The summed E-state index contributed by atoms with van der Waals surface area (Å²) < 4.78 is 1.28. The van der Waals surface area contributed by atoms with Gasteiger partial charge in [0, 0.05) is 24.6 Å². The van der Waals surface area contributed by atoms with Crippen LogP contribution in [-0.4, -0.2) is 33.7 Å². The van der Waals surface area contributed by atoms with Crippen LogP contribution >= 0.6 is 0 Å². The van der Waals surface area contributed by atoms with Crippen molar-refractivity contribution in [1.82, 2.24) is 14.7 Å². The lowest BCUT2D eigenvalue weighted by atomic mass is 9.76. The minimum atomic E-state index is -0.223. The molecule has 0 spiro atoms. The maximum atomic E-state index is 12.8. The van der Waals surface area contributed by atoms with Gasteiger partial charge < -0.3 is 4.90 Å². The predicted octanol–water partition coefficient (Wildman–Crippen LogP) is 2.44. The van der Waals surface area contributed by atoms with Crippen LogP contribution < -0.4 is 5.56 Å². The van der Waals surface area contributed by atoms with Crippen LogP contribution in [0.5, 0.6) is 0 Å². The molecule has 132 valence electrons. The number of likely N-dealkylation sites (tertiary alicyclic amines) is 1. The van der Waals surface area contributed by atoms with E-state index in [0.717, 1.165) is 30.6 Å². The van der Waals surface area contributed by atoms with E-state index < -0.39 is 0 Å². The van der Waals surface area contributed by atoms with Crippen LogP contribution in [-0.2, 0) is 16.8 Å². The molecule has 2 aromatic rings. The van der Waals surface area contributed by atoms with E-state index in [4.69, 9.17) is 0 Å². The van der Waals surface area contributed by atoms with Gasteiger partial charge in [0.05, 0.1) is 5.69 Å². The molecule has 1 aromatic carbocycles. The molecule has 1 aromatic heterocycles. The number of carbonyl (C=O) groups excluding carboxylic acids is 1. The van der Waals surface area contributed by atoms with Crippen LogP contribution in [0.15, 0.2) is 41.2 Å². The molecule has 5 heteroatoms. The summed E-state index contributed by atoms with van der Waals surface area (Å²) in [6, 6.07) is 11.9. The third kappa shape index (κ3) is 3.65. The summed E-state index contributed by atoms with van der Waals surface area (Å²) >= 11 is 0. The Bertz CT molecular complexity index is 829. The lowest BCUT2D eigenvalue weighted by molar-refractivity contribution is -0.134. The number of hydrogen-bond donors (Lipinski definition) is 0. The van der Waals surface area contributed by atoms with Crippen molar-refractivity contribution in [3.63, 3.8) is 0 Å². The summed E-state index contributed by atoms with van der Waals surface area (Å²) in [7, 11) is 0. The maximum Gasteiger partial charge on any atom is 0.267 e. The molecular formula is C20H25N3O2. The first kappa shape index (κ1) is 17.4. The molecule has 25 heavy (non-hydrogen) atoms. The van der Waals surface area contributed by atoms with Gasteiger partial charge in [0.25, 0.3) is 5.56 Å². The Morgan fingerprint density at radius 2 is 1.96 bits per heavy atom. The fraction of sp³-hybridized carbons (Fsp3) is 0.450. The Labute approximate surface area is 148 Å². The highest BCUT2D eigenvalue weighted by atomic mass is 16.2. The standard InChI is InChI=1S/C20H25N3O2/c1-15-12-18(24)23(21-16(15)2)13-19(25)22-11-7-10-20(3,14-22)17-8-5-4-6-9-17/h4-6,8-9,12H,7,10-11,13-14H2,1-3H3/t20-/m1/s1. The second kappa shape index (κ2) is 6.82. The fourth-order valence-corrected chi connectivity index (χ4v) is 3.54. The third-order valence-corrected chi connectivity index (χ3v) is 5.24. The van der Waals surface area contributed by atoms with Gasteiger partial charge in [-0.1, -0.05) is 37.3 Å². The molecule has 0 aliphatic carbocycles. The zero-order valence-corrected chi connectivity index (χ0v) is 15.2. The molecular weight excluding hydrogens is 314 g/mol. The Morgan fingerprint density at radius 1 is 1.24 bits per heavy atom.